The number of methoxy groups -OCH3 is 2. The molecule has 0 saturated heterocycles. The van der Waals surface area contributed by atoms with Crippen LogP contribution in [-0.2, 0) is 4.79 Å². The van der Waals surface area contributed by atoms with Crippen LogP contribution < -0.4 is 14.8 Å². The van der Waals surface area contributed by atoms with Crippen molar-refractivity contribution in [3.8, 4) is 17.6 Å². The number of carbonyl (C=O) groups excluding carboxylic acids is 1. The lowest BCUT2D eigenvalue weighted by Gasteiger charge is -2.20. The van der Waals surface area contributed by atoms with Gasteiger partial charge in [-0.3, -0.25) is 14.9 Å². The van der Waals surface area contributed by atoms with Crippen molar-refractivity contribution in [3.05, 3.63) is 33.4 Å². The average molecular weight is 362 g/mol. The van der Waals surface area contributed by atoms with Gasteiger partial charge in [-0.25, -0.2) is 0 Å². The van der Waals surface area contributed by atoms with Crippen LogP contribution in [0.1, 0.15) is 19.4 Å². The Bertz CT molecular complexity index is 763. The first kappa shape index (κ1) is 20.8. The van der Waals surface area contributed by atoms with Crippen molar-refractivity contribution in [1.29, 1.82) is 5.26 Å². The Morgan fingerprint density at radius 2 is 1.92 bits per heavy atom. The van der Waals surface area contributed by atoms with Crippen molar-refractivity contribution in [2.75, 3.05) is 34.4 Å². The first-order chi connectivity index (χ1) is 12.4. The number of ether oxygens (including phenoxy) is 2. The van der Waals surface area contributed by atoms with E-state index in [1.54, 1.807) is 13.8 Å². The molecular formula is C17H22N4O5. The number of nitro benzene ring substituents is 1. The zero-order valence-electron chi connectivity index (χ0n) is 15.5. The van der Waals surface area contributed by atoms with Gasteiger partial charge in [0.25, 0.3) is 5.91 Å². The molecule has 1 aromatic rings. The van der Waals surface area contributed by atoms with E-state index in [2.05, 4.69) is 5.32 Å². The second-order valence-electron chi connectivity index (χ2n) is 5.08. The van der Waals surface area contributed by atoms with E-state index >= 15 is 0 Å². The van der Waals surface area contributed by atoms with Crippen molar-refractivity contribution in [1.82, 2.24) is 10.2 Å². The van der Waals surface area contributed by atoms with Gasteiger partial charge in [0, 0.05) is 31.8 Å². The third kappa shape index (κ3) is 4.03. The molecule has 140 valence electrons. The number of nitrogens with zero attached hydrogens (tertiary/aromatic N) is 3. The van der Waals surface area contributed by atoms with E-state index in [-0.39, 0.29) is 34.0 Å². The molecule has 1 amide bonds. The van der Waals surface area contributed by atoms with Crippen LogP contribution in [0.15, 0.2) is 17.7 Å². The Balaban J connectivity index is 3.72. The molecule has 0 fully saturated rings. The molecule has 0 bridgehead atoms. The Morgan fingerprint density at radius 3 is 2.31 bits per heavy atom. The molecule has 0 aromatic heterocycles. The summed E-state index contributed by atoms with van der Waals surface area (Å²) in [7, 11) is 4.18. The van der Waals surface area contributed by atoms with Crippen LogP contribution in [0.3, 0.4) is 0 Å². The summed E-state index contributed by atoms with van der Waals surface area (Å²) in [4.78, 5) is 24.9. The van der Waals surface area contributed by atoms with Gasteiger partial charge in [0.1, 0.15) is 11.6 Å². The fraction of sp³-hybridized carbons (Fsp3) is 0.412. The lowest BCUT2D eigenvalue weighted by molar-refractivity contribution is -0.385. The Labute approximate surface area is 152 Å². The first-order valence-electron chi connectivity index (χ1n) is 7.92. The fourth-order valence-corrected chi connectivity index (χ4v) is 2.52. The summed E-state index contributed by atoms with van der Waals surface area (Å²) >= 11 is 0. The number of hydrogen-bond acceptors (Lipinski definition) is 7. The van der Waals surface area contributed by atoms with Gasteiger partial charge >= 0.3 is 5.69 Å². The summed E-state index contributed by atoms with van der Waals surface area (Å²) in [5.41, 5.74) is -0.0257. The first-order valence-corrected chi connectivity index (χ1v) is 7.92. The summed E-state index contributed by atoms with van der Waals surface area (Å²) in [6.07, 6.45) is 0. The van der Waals surface area contributed by atoms with Crippen LogP contribution in [0.25, 0.3) is 5.70 Å². The normalized spacial score (nSPS) is 11.1. The zero-order chi connectivity index (χ0) is 19.9. The summed E-state index contributed by atoms with van der Waals surface area (Å²) in [5.74, 6) is -0.374. The van der Waals surface area contributed by atoms with Crippen molar-refractivity contribution >= 4 is 17.3 Å². The molecule has 9 heteroatoms. The molecule has 1 N–H and O–H groups in total. The highest BCUT2D eigenvalue weighted by Gasteiger charge is 2.26. The molecule has 0 aliphatic rings. The molecular weight excluding hydrogens is 340 g/mol. The molecule has 0 spiro atoms. The largest absolute Gasteiger partial charge is 0.493 e. The van der Waals surface area contributed by atoms with Crippen LogP contribution in [0, 0.1) is 21.4 Å². The minimum Gasteiger partial charge on any atom is -0.493 e. The van der Waals surface area contributed by atoms with E-state index in [1.807, 2.05) is 6.07 Å². The molecule has 0 heterocycles. The highest BCUT2D eigenvalue weighted by molar-refractivity contribution is 6.04. The molecule has 1 aromatic carbocycles. The fourth-order valence-electron chi connectivity index (χ4n) is 2.52. The number of hydrogen-bond donors (Lipinski definition) is 1. The summed E-state index contributed by atoms with van der Waals surface area (Å²) in [5, 5.41) is 23.7. The Hall–Kier alpha value is -3.28. The van der Waals surface area contributed by atoms with Crippen LogP contribution in [0.4, 0.5) is 5.69 Å². The van der Waals surface area contributed by atoms with Crippen LogP contribution in [-0.4, -0.2) is 50.1 Å². The molecule has 1 rings (SSSR count). The van der Waals surface area contributed by atoms with E-state index in [9.17, 15) is 20.2 Å². The Morgan fingerprint density at radius 1 is 1.31 bits per heavy atom. The van der Waals surface area contributed by atoms with Gasteiger partial charge in [0.15, 0.2) is 5.75 Å². The number of likely N-dealkylation sites (N-methyl/N-ethyl adjacent to an activating group) is 1. The van der Waals surface area contributed by atoms with Crippen LogP contribution in [0.5, 0.6) is 11.5 Å². The molecule has 26 heavy (non-hydrogen) atoms. The quantitative estimate of drug-likeness (QED) is 0.325. The standard InChI is InChI=1S/C17H22N4O5/c1-6-20(7-2)17(22)12(10-18)15(19-3)11-8-13(21(23)24)16(26-5)14(9-11)25-4/h8-9,19H,6-7H2,1-5H3/b15-12-. The molecule has 0 atom stereocenters. The third-order valence-corrected chi connectivity index (χ3v) is 3.82. The zero-order valence-corrected chi connectivity index (χ0v) is 15.5. The number of carbonyl (C=O) groups is 1. The maximum absolute atomic E-state index is 12.6. The van der Waals surface area contributed by atoms with Gasteiger partial charge in [-0.1, -0.05) is 0 Å². The lowest BCUT2D eigenvalue weighted by Crippen LogP contribution is -2.32. The average Bonchev–Trinajstić information content (AvgIpc) is 2.65. The van der Waals surface area contributed by atoms with Crippen molar-refractivity contribution < 1.29 is 19.2 Å². The smallest absolute Gasteiger partial charge is 0.315 e. The third-order valence-electron chi connectivity index (χ3n) is 3.82. The number of rotatable bonds is 8. The summed E-state index contributed by atoms with van der Waals surface area (Å²) in [6, 6.07) is 4.61. The van der Waals surface area contributed by atoms with Crippen LogP contribution >= 0.6 is 0 Å². The highest BCUT2D eigenvalue weighted by atomic mass is 16.6. The molecule has 0 saturated carbocycles. The topological polar surface area (TPSA) is 118 Å². The minimum atomic E-state index is -0.615. The van der Waals surface area contributed by atoms with Crippen molar-refractivity contribution in [2.45, 2.75) is 13.8 Å². The van der Waals surface area contributed by atoms with Crippen molar-refractivity contribution in [2.24, 2.45) is 0 Å². The van der Waals surface area contributed by atoms with E-state index in [4.69, 9.17) is 9.47 Å². The highest BCUT2D eigenvalue weighted by Crippen LogP contribution is 2.39. The van der Waals surface area contributed by atoms with E-state index in [1.165, 1.54) is 38.3 Å². The van der Waals surface area contributed by atoms with Gasteiger partial charge in [-0.15, -0.1) is 0 Å². The summed E-state index contributed by atoms with van der Waals surface area (Å²) in [6.45, 7) is 4.47. The second kappa shape index (κ2) is 9.27. The van der Waals surface area contributed by atoms with Gasteiger partial charge in [-0.05, 0) is 19.9 Å². The minimum absolute atomic E-state index is 0.0368. The molecule has 0 aliphatic carbocycles. The molecule has 0 unspecified atom stereocenters. The number of nitriles is 1. The predicted molar refractivity (Wildman–Crippen MR) is 95.7 cm³/mol. The predicted octanol–water partition coefficient (Wildman–Crippen LogP) is 1.93. The molecule has 0 radical (unpaired) electrons. The molecule has 9 nitrogen and oxygen atoms in total. The van der Waals surface area contributed by atoms with E-state index < -0.39 is 10.8 Å². The maximum atomic E-state index is 12.6. The molecule has 0 aliphatic heterocycles. The number of benzene rings is 1. The second-order valence-corrected chi connectivity index (χ2v) is 5.08. The Kier molecular flexibility index (Phi) is 7.40. The lowest BCUT2D eigenvalue weighted by atomic mass is 10.0. The maximum Gasteiger partial charge on any atom is 0.315 e. The SMILES string of the molecule is CCN(CC)C(=O)/C(C#N)=C(\NC)c1cc(OC)c(OC)c([N+](=O)[O-])c1. The monoisotopic (exact) mass is 362 g/mol. The number of amides is 1. The number of nitro groups is 1. The van der Waals surface area contributed by atoms with Crippen molar-refractivity contribution in [3.63, 3.8) is 0 Å². The van der Waals surface area contributed by atoms with E-state index in [0.29, 0.717) is 13.1 Å². The number of nitrogens with one attached hydrogen (secondary N) is 1. The van der Waals surface area contributed by atoms with Gasteiger partial charge < -0.3 is 19.7 Å². The summed E-state index contributed by atoms with van der Waals surface area (Å²) < 4.78 is 10.2. The van der Waals surface area contributed by atoms with Gasteiger partial charge in [0.05, 0.1) is 24.8 Å². The van der Waals surface area contributed by atoms with Gasteiger partial charge in [-0.2, -0.15) is 5.26 Å². The van der Waals surface area contributed by atoms with E-state index in [0.717, 1.165) is 0 Å². The van der Waals surface area contributed by atoms with Gasteiger partial charge in [0.2, 0.25) is 5.75 Å². The van der Waals surface area contributed by atoms with Crippen LogP contribution in [0.2, 0.25) is 0 Å².